The highest BCUT2D eigenvalue weighted by Crippen LogP contribution is 2.23. The number of hydrogen-bond acceptors (Lipinski definition) is 5. The molecule has 4 aromatic rings. The number of amides is 1. The lowest BCUT2D eigenvalue weighted by Gasteiger charge is -2.11. The largest absolute Gasteiger partial charge is 0.449 e. The standard InChI is InChI=1S/C26H27F2N5O3/c1-31(2)11-3-4-13-36-26(35)29-20-7-5-6-18(14-20)17-33-25(34)9-8-24(30-33)32-12-10-21-22(28)15-19(27)16-23(21)32/h5-10,12,14-16H,3-4,11,13,17H2,1-2H3,(H,29,35). The molecule has 0 aliphatic heterocycles. The van der Waals surface area contributed by atoms with Gasteiger partial charge >= 0.3 is 6.09 Å². The monoisotopic (exact) mass is 495 g/mol. The van der Waals surface area contributed by atoms with E-state index in [1.165, 1.54) is 33.5 Å². The zero-order valence-electron chi connectivity index (χ0n) is 20.1. The topological polar surface area (TPSA) is 81.4 Å². The summed E-state index contributed by atoms with van der Waals surface area (Å²) < 4.78 is 35.9. The number of halogens is 2. The van der Waals surface area contributed by atoms with E-state index in [4.69, 9.17) is 4.74 Å². The van der Waals surface area contributed by atoms with E-state index in [1.54, 1.807) is 30.5 Å². The van der Waals surface area contributed by atoms with Gasteiger partial charge in [0.15, 0.2) is 5.82 Å². The van der Waals surface area contributed by atoms with Crippen LogP contribution in [0.1, 0.15) is 18.4 Å². The second-order valence-corrected chi connectivity index (χ2v) is 8.67. The van der Waals surface area contributed by atoms with Crippen LogP contribution in [-0.4, -0.2) is 52.6 Å². The van der Waals surface area contributed by atoms with Crippen LogP contribution in [0, 0.1) is 11.6 Å². The molecule has 1 N–H and O–H groups in total. The maximum Gasteiger partial charge on any atom is 0.411 e. The van der Waals surface area contributed by atoms with Crippen LogP contribution < -0.4 is 10.9 Å². The van der Waals surface area contributed by atoms with Gasteiger partial charge in [-0.25, -0.2) is 18.3 Å². The van der Waals surface area contributed by atoms with Crippen LogP contribution in [0.5, 0.6) is 0 Å². The third kappa shape index (κ3) is 6.14. The number of rotatable bonds is 9. The fourth-order valence-corrected chi connectivity index (χ4v) is 3.81. The second-order valence-electron chi connectivity index (χ2n) is 8.67. The van der Waals surface area contributed by atoms with Crippen molar-refractivity contribution in [2.24, 2.45) is 0 Å². The molecule has 0 unspecified atom stereocenters. The Bertz CT molecular complexity index is 1430. The lowest BCUT2D eigenvalue weighted by Crippen LogP contribution is -2.24. The van der Waals surface area contributed by atoms with Gasteiger partial charge in [0.1, 0.15) is 11.6 Å². The lowest BCUT2D eigenvalue weighted by atomic mass is 10.2. The number of aromatic nitrogens is 3. The van der Waals surface area contributed by atoms with Gasteiger partial charge < -0.3 is 9.64 Å². The molecule has 2 aromatic heterocycles. The molecule has 188 valence electrons. The zero-order chi connectivity index (χ0) is 25.7. The van der Waals surface area contributed by atoms with Crippen molar-refractivity contribution >= 4 is 22.7 Å². The van der Waals surface area contributed by atoms with E-state index in [0.29, 0.717) is 23.6 Å². The number of fused-ring (bicyclic) bond motifs is 1. The number of unbranched alkanes of at least 4 members (excludes halogenated alkanes) is 1. The molecule has 0 saturated carbocycles. The highest BCUT2D eigenvalue weighted by atomic mass is 19.1. The van der Waals surface area contributed by atoms with Crippen molar-refractivity contribution in [2.45, 2.75) is 19.4 Å². The summed E-state index contributed by atoms with van der Waals surface area (Å²) in [5.41, 5.74) is 1.21. The van der Waals surface area contributed by atoms with Crippen LogP contribution in [0.2, 0.25) is 0 Å². The summed E-state index contributed by atoms with van der Waals surface area (Å²) in [6.45, 7) is 1.38. The summed E-state index contributed by atoms with van der Waals surface area (Å²) >= 11 is 0. The molecule has 2 heterocycles. The molecule has 10 heteroatoms. The van der Waals surface area contributed by atoms with E-state index in [0.717, 1.165) is 31.0 Å². The van der Waals surface area contributed by atoms with E-state index in [9.17, 15) is 18.4 Å². The Labute approximate surface area is 206 Å². The van der Waals surface area contributed by atoms with Crippen LogP contribution in [0.15, 0.2) is 65.6 Å². The Morgan fingerprint density at radius 1 is 1.08 bits per heavy atom. The fourth-order valence-electron chi connectivity index (χ4n) is 3.81. The molecule has 8 nitrogen and oxygen atoms in total. The van der Waals surface area contributed by atoms with Crippen molar-refractivity contribution in [3.8, 4) is 5.82 Å². The minimum absolute atomic E-state index is 0.129. The van der Waals surface area contributed by atoms with Crippen molar-refractivity contribution in [3.63, 3.8) is 0 Å². The summed E-state index contributed by atoms with van der Waals surface area (Å²) in [7, 11) is 3.98. The molecule has 0 fully saturated rings. The summed E-state index contributed by atoms with van der Waals surface area (Å²) in [6.07, 6.45) is 2.72. The molecular weight excluding hydrogens is 468 g/mol. The molecule has 2 aromatic carbocycles. The molecule has 0 radical (unpaired) electrons. The first-order chi connectivity index (χ1) is 17.3. The van der Waals surface area contributed by atoms with Crippen molar-refractivity contribution in [1.29, 1.82) is 0 Å². The van der Waals surface area contributed by atoms with Gasteiger partial charge in [-0.15, -0.1) is 0 Å². The number of carbonyl (C=O) groups excluding carboxylic acids is 1. The number of ether oxygens (including phenoxy) is 1. The van der Waals surface area contributed by atoms with E-state index in [-0.39, 0.29) is 17.5 Å². The first-order valence-electron chi connectivity index (χ1n) is 11.5. The Balaban J connectivity index is 1.46. The minimum Gasteiger partial charge on any atom is -0.449 e. The lowest BCUT2D eigenvalue weighted by molar-refractivity contribution is 0.158. The second kappa shape index (κ2) is 11.1. The van der Waals surface area contributed by atoms with E-state index < -0.39 is 17.7 Å². The SMILES string of the molecule is CN(C)CCCCOC(=O)Nc1cccc(Cn2nc(-n3ccc4c(F)cc(F)cc43)ccc2=O)c1. The number of nitrogens with one attached hydrogen (secondary N) is 1. The summed E-state index contributed by atoms with van der Waals surface area (Å²) in [5, 5.41) is 7.33. The molecule has 0 aliphatic rings. The number of carbonyl (C=O) groups is 1. The number of anilines is 1. The summed E-state index contributed by atoms with van der Waals surface area (Å²) in [6, 6.07) is 13.4. The molecule has 0 aliphatic carbocycles. The maximum atomic E-state index is 14.1. The van der Waals surface area contributed by atoms with Gasteiger partial charge in [-0.3, -0.25) is 14.7 Å². The Kier molecular flexibility index (Phi) is 7.74. The van der Waals surface area contributed by atoms with Crippen molar-refractivity contribution in [2.75, 3.05) is 32.6 Å². The quantitative estimate of drug-likeness (QED) is 0.348. The molecule has 36 heavy (non-hydrogen) atoms. The van der Waals surface area contributed by atoms with Gasteiger partial charge in [0.25, 0.3) is 5.56 Å². The van der Waals surface area contributed by atoms with Crippen LogP contribution in [0.3, 0.4) is 0 Å². The number of benzene rings is 2. The molecule has 0 saturated heterocycles. The first-order valence-corrected chi connectivity index (χ1v) is 11.5. The van der Waals surface area contributed by atoms with E-state index in [1.807, 2.05) is 14.1 Å². The average molecular weight is 496 g/mol. The van der Waals surface area contributed by atoms with E-state index in [2.05, 4.69) is 15.3 Å². The van der Waals surface area contributed by atoms with Gasteiger partial charge in [0.05, 0.1) is 18.7 Å². The van der Waals surface area contributed by atoms with Crippen LogP contribution >= 0.6 is 0 Å². The van der Waals surface area contributed by atoms with Gasteiger partial charge in [-0.1, -0.05) is 12.1 Å². The maximum absolute atomic E-state index is 14.1. The highest BCUT2D eigenvalue weighted by molar-refractivity contribution is 5.84. The smallest absolute Gasteiger partial charge is 0.411 e. The molecule has 1 amide bonds. The Morgan fingerprint density at radius 2 is 1.92 bits per heavy atom. The average Bonchev–Trinajstić information content (AvgIpc) is 3.24. The third-order valence-electron chi connectivity index (χ3n) is 5.56. The normalized spacial score (nSPS) is 11.2. The summed E-state index contributed by atoms with van der Waals surface area (Å²) in [5.74, 6) is -1.04. The third-order valence-corrected chi connectivity index (χ3v) is 5.56. The van der Waals surface area contributed by atoms with Gasteiger partial charge in [0, 0.05) is 29.4 Å². The number of hydrogen-bond donors (Lipinski definition) is 1. The highest BCUT2D eigenvalue weighted by Gasteiger charge is 2.12. The molecule has 4 rings (SSSR count). The fraction of sp³-hybridized carbons (Fsp3) is 0.269. The zero-order valence-corrected chi connectivity index (χ0v) is 20.1. The molecular formula is C26H27F2N5O3. The van der Waals surface area contributed by atoms with Crippen LogP contribution in [0.25, 0.3) is 16.7 Å². The van der Waals surface area contributed by atoms with Gasteiger partial charge in [0.2, 0.25) is 0 Å². The van der Waals surface area contributed by atoms with E-state index >= 15 is 0 Å². The minimum atomic E-state index is -0.704. The summed E-state index contributed by atoms with van der Waals surface area (Å²) in [4.78, 5) is 26.6. The Hall–Kier alpha value is -4.05. The van der Waals surface area contributed by atoms with Crippen molar-refractivity contribution in [1.82, 2.24) is 19.2 Å². The van der Waals surface area contributed by atoms with Gasteiger partial charge in [-0.05, 0) is 69.4 Å². The first kappa shape index (κ1) is 25.1. The van der Waals surface area contributed by atoms with Crippen LogP contribution in [-0.2, 0) is 11.3 Å². The Morgan fingerprint density at radius 3 is 2.72 bits per heavy atom. The number of nitrogens with zero attached hydrogens (tertiary/aromatic N) is 4. The van der Waals surface area contributed by atoms with Gasteiger partial charge in [-0.2, -0.15) is 5.10 Å². The van der Waals surface area contributed by atoms with Crippen LogP contribution in [0.4, 0.5) is 19.3 Å². The van der Waals surface area contributed by atoms with Crippen molar-refractivity contribution in [3.05, 3.63) is 88.3 Å². The predicted molar refractivity (Wildman–Crippen MR) is 134 cm³/mol. The molecule has 0 atom stereocenters. The predicted octanol–water partition coefficient (Wildman–Crippen LogP) is 4.40. The van der Waals surface area contributed by atoms with Crippen molar-refractivity contribution < 1.29 is 18.3 Å². The molecule has 0 spiro atoms. The molecule has 0 bridgehead atoms.